The third-order valence-corrected chi connectivity index (χ3v) is 3.67. The highest BCUT2D eigenvalue weighted by molar-refractivity contribution is 6.31. The minimum atomic E-state index is -0.0188. The lowest BCUT2D eigenvalue weighted by molar-refractivity contribution is -0.121. The summed E-state index contributed by atoms with van der Waals surface area (Å²) in [5.41, 5.74) is 0.637. The Labute approximate surface area is 118 Å². The highest BCUT2D eigenvalue weighted by Gasteiger charge is 2.29. The van der Waals surface area contributed by atoms with Crippen molar-refractivity contribution in [3.05, 3.63) is 23.2 Å². The van der Waals surface area contributed by atoms with Crippen molar-refractivity contribution in [1.82, 2.24) is 5.32 Å². The first-order valence-electron chi connectivity index (χ1n) is 6.55. The average molecular weight is 283 g/mol. The molecule has 1 unspecified atom stereocenters. The van der Waals surface area contributed by atoms with Crippen LogP contribution in [0.2, 0.25) is 5.02 Å². The number of carbonyl (C=O) groups is 1. The minimum Gasteiger partial charge on any atom is -0.492 e. The number of hydrogen-bond acceptors (Lipinski definition) is 3. The molecular weight excluding hydrogens is 264 g/mol. The Bertz CT molecular complexity index is 461. The molecule has 5 heteroatoms. The van der Waals surface area contributed by atoms with Crippen LogP contribution in [0, 0.1) is 11.8 Å². The third kappa shape index (κ3) is 3.39. The van der Waals surface area contributed by atoms with Gasteiger partial charge in [0, 0.05) is 10.9 Å². The zero-order valence-electron chi connectivity index (χ0n) is 11.2. The van der Waals surface area contributed by atoms with E-state index in [4.69, 9.17) is 16.3 Å². The van der Waals surface area contributed by atoms with Crippen LogP contribution in [-0.4, -0.2) is 25.6 Å². The molecule has 1 fully saturated rings. The third-order valence-electron chi connectivity index (χ3n) is 3.43. The van der Waals surface area contributed by atoms with E-state index in [2.05, 4.69) is 10.6 Å². The summed E-state index contributed by atoms with van der Waals surface area (Å²) < 4.78 is 5.49. The number of benzene rings is 1. The molecule has 1 atom stereocenters. The van der Waals surface area contributed by atoms with Crippen molar-refractivity contribution in [2.75, 3.05) is 25.0 Å². The summed E-state index contributed by atoms with van der Waals surface area (Å²) in [6.07, 6.45) is 0. The van der Waals surface area contributed by atoms with Gasteiger partial charge in [0.25, 0.3) is 0 Å². The second-order valence-electron chi connectivity index (χ2n) is 4.77. The van der Waals surface area contributed by atoms with Crippen LogP contribution in [0.25, 0.3) is 0 Å². The Morgan fingerprint density at radius 1 is 1.58 bits per heavy atom. The van der Waals surface area contributed by atoms with E-state index in [0.29, 0.717) is 29.0 Å². The zero-order chi connectivity index (χ0) is 13.8. The van der Waals surface area contributed by atoms with Crippen molar-refractivity contribution >= 4 is 23.2 Å². The summed E-state index contributed by atoms with van der Waals surface area (Å²) in [6, 6.07) is 5.24. The van der Waals surface area contributed by atoms with E-state index in [1.807, 2.05) is 13.8 Å². The lowest BCUT2D eigenvalue weighted by Crippen LogP contribution is -2.48. The molecule has 0 aliphatic carbocycles. The Hall–Kier alpha value is -1.26. The number of carbonyl (C=O) groups excluding carboxylic acids is 1. The first-order chi connectivity index (χ1) is 9.11. The van der Waals surface area contributed by atoms with Gasteiger partial charge in [0.05, 0.1) is 12.3 Å². The van der Waals surface area contributed by atoms with Gasteiger partial charge in [-0.1, -0.05) is 18.5 Å². The van der Waals surface area contributed by atoms with Gasteiger partial charge in [-0.2, -0.15) is 0 Å². The lowest BCUT2D eigenvalue weighted by atomic mass is 9.88. The largest absolute Gasteiger partial charge is 0.492 e. The molecule has 1 aromatic carbocycles. The summed E-state index contributed by atoms with van der Waals surface area (Å²) in [4.78, 5) is 12.2. The maximum atomic E-state index is 12.2. The SMILES string of the molecule is CCOc1ccc(Cl)cc1NC(=O)C(C)C1CNC1. The van der Waals surface area contributed by atoms with Crippen LogP contribution < -0.4 is 15.4 Å². The van der Waals surface area contributed by atoms with Crippen LogP contribution in [0.4, 0.5) is 5.69 Å². The normalized spacial score (nSPS) is 16.6. The van der Waals surface area contributed by atoms with Gasteiger partial charge in [0.15, 0.2) is 0 Å². The predicted molar refractivity (Wildman–Crippen MR) is 76.8 cm³/mol. The summed E-state index contributed by atoms with van der Waals surface area (Å²) in [5.74, 6) is 1.05. The Balaban J connectivity index is 2.08. The summed E-state index contributed by atoms with van der Waals surface area (Å²) in [6.45, 7) is 6.21. The fourth-order valence-corrected chi connectivity index (χ4v) is 2.18. The Kier molecular flexibility index (Phi) is 4.66. The molecule has 0 saturated carbocycles. The van der Waals surface area contributed by atoms with Crippen LogP contribution in [0.15, 0.2) is 18.2 Å². The van der Waals surface area contributed by atoms with Crippen molar-refractivity contribution < 1.29 is 9.53 Å². The standard InChI is InChI=1S/C14H19ClN2O2/c1-3-19-13-5-4-11(15)6-12(13)17-14(18)9(2)10-7-16-8-10/h4-6,9-10,16H,3,7-8H2,1-2H3,(H,17,18). The van der Waals surface area contributed by atoms with E-state index < -0.39 is 0 Å². The molecule has 0 spiro atoms. The van der Waals surface area contributed by atoms with Gasteiger partial charge in [-0.25, -0.2) is 0 Å². The van der Waals surface area contributed by atoms with Gasteiger partial charge in [-0.15, -0.1) is 0 Å². The van der Waals surface area contributed by atoms with Gasteiger partial charge < -0.3 is 15.4 Å². The van der Waals surface area contributed by atoms with Crippen molar-refractivity contribution in [2.24, 2.45) is 11.8 Å². The highest BCUT2D eigenvalue weighted by Crippen LogP contribution is 2.29. The number of amides is 1. The van der Waals surface area contributed by atoms with Gasteiger partial charge in [0.1, 0.15) is 5.75 Å². The Morgan fingerprint density at radius 3 is 2.89 bits per heavy atom. The molecule has 2 N–H and O–H groups in total. The molecule has 1 aliphatic rings. The minimum absolute atomic E-state index is 0.00900. The van der Waals surface area contributed by atoms with Crippen LogP contribution in [0.5, 0.6) is 5.75 Å². The van der Waals surface area contributed by atoms with Crippen molar-refractivity contribution in [2.45, 2.75) is 13.8 Å². The molecule has 1 heterocycles. The first-order valence-corrected chi connectivity index (χ1v) is 6.93. The van der Waals surface area contributed by atoms with E-state index >= 15 is 0 Å². The monoisotopic (exact) mass is 282 g/mol. The maximum absolute atomic E-state index is 12.2. The summed E-state index contributed by atoms with van der Waals surface area (Å²) >= 11 is 5.96. The van der Waals surface area contributed by atoms with Crippen molar-refractivity contribution in [3.63, 3.8) is 0 Å². The number of nitrogens with one attached hydrogen (secondary N) is 2. The van der Waals surface area contributed by atoms with Crippen LogP contribution in [0.1, 0.15) is 13.8 Å². The van der Waals surface area contributed by atoms with Crippen molar-refractivity contribution in [3.8, 4) is 5.75 Å². The molecule has 1 aromatic rings. The second-order valence-corrected chi connectivity index (χ2v) is 5.21. The highest BCUT2D eigenvalue weighted by atomic mass is 35.5. The second kappa shape index (κ2) is 6.26. The number of hydrogen-bond donors (Lipinski definition) is 2. The number of rotatable bonds is 5. The molecular formula is C14H19ClN2O2. The molecule has 1 amide bonds. The molecule has 0 bridgehead atoms. The lowest BCUT2D eigenvalue weighted by Gasteiger charge is -2.31. The molecule has 4 nitrogen and oxygen atoms in total. The molecule has 19 heavy (non-hydrogen) atoms. The van der Waals surface area contributed by atoms with E-state index in [0.717, 1.165) is 13.1 Å². The maximum Gasteiger partial charge on any atom is 0.227 e. The van der Waals surface area contributed by atoms with E-state index in [-0.39, 0.29) is 11.8 Å². The number of halogens is 1. The van der Waals surface area contributed by atoms with Gasteiger partial charge in [-0.3, -0.25) is 4.79 Å². The molecule has 1 aliphatic heterocycles. The Morgan fingerprint density at radius 2 is 2.32 bits per heavy atom. The molecule has 104 valence electrons. The topological polar surface area (TPSA) is 50.4 Å². The summed E-state index contributed by atoms with van der Waals surface area (Å²) in [7, 11) is 0. The smallest absolute Gasteiger partial charge is 0.227 e. The fraction of sp³-hybridized carbons (Fsp3) is 0.500. The average Bonchev–Trinajstić information content (AvgIpc) is 2.30. The van der Waals surface area contributed by atoms with Gasteiger partial charge in [-0.05, 0) is 44.1 Å². The fourth-order valence-electron chi connectivity index (χ4n) is 2.01. The molecule has 0 aromatic heterocycles. The molecule has 2 rings (SSSR count). The number of anilines is 1. The molecule has 0 radical (unpaired) electrons. The predicted octanol–water partition coefficient (Wildman–Crippen LogP) is 2.53. The summed E-state index contributed by atoms with van der Waals surface area (Å²) in [5, 5.41) is 6.67. The van der Waals surface area contributed by atoms with Crippen LogP contribution in [-0.2, 0) is 4.79 Å². The van der Waals surface area contributed by atoms with E-state index in [1.54, 1.807) is 18.2 Å². The van der Waals surface area contributed by atoms with Crippen molar-refractivity contribution in [1.29, 1.82) is 0 Å². The zero-order valence-corrected chi connectivity index (χ0v) is 12.0. The van der Waals surface area contributed by atoms with Crippen LogP contribution in [0.3, 0.4) is 0 Å². The van der Waals surface area contributed by atoms with E-state index in [1.165, 1.54) is 0 Å². The van der Waals surface area contributed by atoms with Gasteiger partial charge in [0.2, 0.25) is 5.91 Å². The molecule has 1 saturated heterocycles. The van der Waals surface area contributed by atoms with Crippen LogP contribution >= 0.6 is 11.6 Å². The van der Waals surface area contributed by atoms with Gasteiger partial charge >= 0.3 is 0 Å². The first kappa shape index (κ1) is 14.2. The number of ether oxygens (including phenoxy) is 1. The van der Waals surface area contributed by atoms with E-state index in [9.17, 15) is 4.79 Å². The quantitative estimate of drug-likeness (QED) is 0.873.